The van der Waals surface area contributed by atoms with Gasteiger partial charge in [0.1, 0.15) is 5.82 Å². The Labute approximate surface area is 119 Å². The third-order valence-electron chi connectivity index (χ3n) is 2.73. The molecule has 2 N–H and O–H groups in total. The molecule has 1 heterocycles. The molecule has 2 rings (SSSR count). The average Bonchev–Trinajstić information content (AvgIpc) is 2.38. The molecule has 3 nitrogen and oxygen atoms in total. The number of nitrogens with one attached hydrogen (secondary N) is 2. The molecule has 1 aromatic heterocycles. The summed E-state index contributed by atoms with van der Waals surface area (Å²) in [7, 11) is 0. The smallest absolute Gasteiger partial charge is 0.172 e. The Morgan fingerprint density at radius 3 is 2.53 bits per heavy atom. The van der Waals surface area contributed by atoms with E-state index in [2.05, 4.69) is 46.8 Å². The summed E-state index contributed by atoms with van der Waals surface area (Å²) in [6.45, 7) is 4.81. The molecular formula is C15H17N3S. The van der Waals surface area contributed by atoms with E-state index in [0.29, 0.717) is 11.7 Å². The standard InChI is InChI=1S/C15H17N3S/c1-11-3-5-13(6-4-11)10-17-15(19)18-14-9-12(2)7-8-16-14/h3-9H,10H2,1-2H3,(H2,16,17,18,19). The molecule has 0 radical (unpaired) electrons. The lowest BCUT2D eigenvalue weighted by Crippen LogP contribution is -2.28. The number of aryl methyl sites for hydroxylation is 2. The first-order valence-electron chi connectivity index (χ1n) is 6.16. The molecule has 0 aliphatic rings. The number of anilines is 1. The summed E-state index contributed by atoms with van der Waals surface area (Å²) < 4.78 is 0. The summed E-state index contributed by atoms with van der Waals surface area (Å²) in [4.78, 5) is 4.21. The minimum Gasteiger partial charge on any atom is -0.358 e. The van der Waals surface area contributed by atoms with Crippen LogP contribution in [0.5, 0.6) is 0 Å². The van der Waals surface area contributed by atoms with Crippen LogP contribution in [0.1, 0.15) is 16.7 Å². The van der Waals surface area contributed by atoms with Crippen LogP contribution in [0.3, 0.4) is 0 Å². The van der Waals surface area contributed by atoms with Gasteiger partial charge in [0.25, 0.3) is 0 Å². The van der Waals surface area contributed by atoms with Gasteiger partial charge in [0.15, 0.2) is 5.11 Å². The zero-order chi connectivity index (χ0) is 13.7. The fraction of sp³-hybridized carbons (Fsp3) is 0.200. The van der Waals surface area contributed by atoms with E-state index in [1.807, 2.05) is 19.1 Å². The molecule has 0 atom stereocenters. The molecule has 1 aromatic carbocycles. The number of pyridine rings is 1. The van der Waals surface area contributed by atoms with E-state index in [0.717, 1.165) is 11.4 Å². The Morgan fingerprint density at radius 2 is 1.84 bits per heavy atom. The lowest BCUT2D eigenvalue weighted by Gasteiger charge is -2.10. The van der Waals surface area contributed by atoms with Gasteiger partial charge < -0.3 is 10.6 Å². The molecule has 0 saturated heterocycles. The second-order valence-electron chi connectivity index (χ2n) is 4.51. The van der Waals surface area contributed by atoms with Gasteiger partial charge in [0.05, 0.1) is 0 Å². The highest BCUT2D eigenvalue weighted by Gasteiger charge is 1.99. The van der Waals surface area contributed by atoms with Crippen LogP contribution in [-0.4, -0.2) is 10.1 Å². The highest BCUT2D eigenvalue weighted by atomic mass is 32.1. The predicted molar refractivity (Wildman–Crippen MR) is 83.2 cm³/mol. The summed E-state index contributed by atoms with van der Waals surface area (Å²) >= 11 is 5.24. The van der Waals surface area contributed by atoms with E-state index >= 15 is 0 Å². The van der Waals surface area contributed by atoms with Crippen molar-refractivity contribution in [2.24, 2.45) is 0 Å². The molecule has 0 unspecified atom stereocenters. The number of benzene rings is 1. The molecule has 0 fully saturated rings. The highest BCUT2D eigenvalue weighted by Crippen LogP contribution is 2.06. The molecule has 4 heteroatoms. The molecule has 0 spiro atoms. The summed E-state index contributed by atoms with van der Waals surface area (Å²) in [5, 5.41) is 6.82. The van der Waals surface area contributed by atoms with Crippen LogP contribution in [0, 0.1) is 13.8 Å². The van der Waals surface area contributed by atoms with Crippen molar-refractivity contribution in [3.05, 3.63) is 59.3 Å². The van der Waals surface area contributed by atoms with Gasteiger partial charge in [-0.2, -0.15) is 0 Å². The van der Waals surface area contributed by atoms with Crippen molar-refractivity contribution in [1.82, 2.24) is 10.3 Å². The number of hydrogen-bond acceptors (Lipinski definition) is 2. The molecule has 19 heavy (non-hydrogen) atoms. The Morgan fingerprint density at radius 1 is 1.11 bits per heavy atom. The zero-order valence-corrected chi connectivity index (χ0v) is 11.9. The lowest BCUT2D eigenvalue weighted by atomic mass is 10.1. The third-order valence-corrected chi connectivity index (χ3v) is 2.98. The van der Waals surface area contributed by atoms with Gasteiger partial charge in [0.2, 0.25) is 0 Å². The highest BCUT2D eigenvalue weighted by molar-refractivity contribution is 7.80. The van der Waals surface area contributed by atoms with Crippen LogP contribution in [0.2, 0.25) is 0 Å². The van der Waals surface area contributed by atoms with E-state index in [9.17, 15) is 0 Å². The van der Waals surface area contributed by atoms with Gasteiger partial charge in [-0.3, -0.25) is 0 Å². The van der Waals surface area contributed by atoms with Crippen molar-refractivity contribution in [2.45, 2.75) is 20.4 Å². The maximum absolute atomic E-state index is 5.24. The molecule has 0 aliphatic heterocycles. The summed E-state index contributed by atoms with van der Waals surface area (Å²) in [5.74, 6) is 0.765. The van der Waals surface area contributed by atoms with Crippen molar-refractivity contribution < 1.29 is 0 Å². The van der Waals surface area contributed by atoms with Gasteiger partial charge in [-0.05, 0) is 49.3 Å². The van der Waals surface area contributed by atoms with Crippen LogP contribution in [0.25, 0.3) is 0 Å². The van der Waals surface area contributed by atoms with Gasteiger partial charge in [0, 0.05) is 12.7 Å². The van der Waals surface area contributed by atoms with Crippen LogP contribution < -0.4 is 10.6 Å². The Balaban J connectivity index is 1.86. The van der Waals surface area contributed by atoms with Crippen LogP contribution in [0.4, 0.5) is 5.82 Å². The topological polar surface area (TPSA) is 37.0 Å². The second kappa shape index (κ2) is 6.29. The maximum Gasteiger partial charge on any atom is 0.172 e. The summed E-state index contributed by atoms with van der Waals surface area (Å²) in [5.41, 5.74) is 3.61. The molecule has 0 aliphatic carbocycles. The summed E-state index contributed by atoms with van der Waals surface area (Å²) in [6.07, 6.45) is 1.76. The summed E-state index contributed by atoms with van der Waals surface area (Å²) in [6, 6.07) is 12.3. The van der Waals surface area contributed by atoms with Crippen LogP contribution >= 0.6 is 12.2 Å². The average molecular weight is 271 g/mol. The SMILES string of the molecule is Cc1ccc(CNC(=S)Nc2cc(C)ccn2)cc1. The molecule has 0 bridgehead atoms. The molecule has 0 amide bonds. The zero-order valence-electron chi connectivity index (χ0n) is 11.1. The van der Waals surface area contributed by atoms with E-state index in [-0.39, 0.29) is 0 Å². The first kappa shape index (κ1) is 13.5. The molecule has 0 saturated carbocycles. The fourth-order valence-corrected chi connectivity index (χ4v) is 1.83. The fourth-order valence-electron chi connectivity index (χ4n) is 1.65. The van der Waals surface area contributed by atoms with E-state index in [1.54, 1.807) is 6.20 Å². The monoisotopic (exact) mass is 271 g/mol. The van der Waals surface area contributed by atoms with Crippen LogP contribution in [-0.2, 0) is 6.54 Å². The number of thiocarbonyl (C=S) groups is 1. The Kier molecular flexibility index (Phi) is 4.47. The van der Waals surface area contributed by atoms with Crippen LogP contribution in [0.15, 0.2) is 42.6 Å². The Hall–Kier alpha value is -1.94. The van der Waals surface area contributed by atoms with Crippen molar-refractivity contribution in [1.29, 1.82) is 0 Å². The first-order chi connectivity index (χ1) is 9.13. The van der Waals surface area contributed by atoms with Crippen molar-refractivity contribution in [3.63, 3.8) is 0 Å². The van der Waals surface area contributed by atoms with Gasteiger partial charge in [-0.15, -0.1) is 0 Å². The number of nitrogens with zero attached hydrogens (tertiary/aromatic N) is 1. The molecular weight excluding hydrogens is 254 g/mol. The third kappa shape index (κ3) is 4.34. The van der Waals surface area contributed by atoms with Gasteiger partial charge in [-0.25, -0.2) is 4.98 Å². The van der Waals surface area contributed by atoms with E-state index < -0.39 is 0 Å². The minimum absolute atomic E-state index is 0.582. The largest absolute Gasteiger partial charge is 0.358 e. The van der Waals surface area contributed by atoms with Crippen molar-refractivity contribution in [3.8, 4) is 0 Å². The normalized spacial score (nSPS) is 10.0. The van der Waals surface area contributed by atoms with Gasteiger partial charge >= 0.3 is 0 Å². The quantitative estimate of drug-likeness (QED) is 0.841. The number of hydrogen-bond donors (Lipinski definition) is 2. The van der Waals surface area contributed by atoms with E-state index in [4.69, 9.17) is 12.2 Å². The minimum atomic E-state index is 0.582. The molecule has 98 valence electrons. The number of aromatic nitrogens is 1. The number of rotatable bonds is 3. The van der Waals surface area contributed by atoms with Gasteiger partial charge in [-0.1, -0.05) is 29.8 Å². The van der Waals surface area contributed by atoms with Crippen molar-refractivity contribution in [2.75, 3.05) is 5.32 Å². The van der Waals surface area contributed by atoms with E-state index in [1.165, 1.54) is 11.1 Å². The first-order valence-corrected chi connectivity index (χ1v) is 6.57. The predicted octanol–water partition coefficient (Wildman–Crippen LogP) is 3.19. The second-order valence-corrected chi connectivity index (χ2v) is 4.92. The van der Waals surface area contributed by atoms with Crippen molar-refractivity contribution >= 4 is 23.1 Å². The lowest BCUT2D eigenvalue weighted by molar-refractivity contribution is 0.924. The Bertz CT molecular complexity index is 564. The maximum atomic E-state index is 5.24. The molecule has 2 aromatic rings.